The Balaban J connectivity index is 1.38. The van der Waals surface area contributed by atoms with Gasteiger partial charge in [0.25, 0.3) is 0 Å². The molecule has 0 spiro atoms. The minimum atomic E-state index is -0.219. The van der Waals surface area contributed by atoms with Crippen LogP contribution in [-0.2, 0) is 13.1 Å². The van der Waals surface area contributed by atoms with Crippen LogP contribution < -0.4 is 11.1 Å². The van der Waals surface area contributed by atoms with Crippen molar-refractivity contribution in [2.45, 2.75) is 38.0 Å². The third kappa shape index (κ3) is 3.83. The van der Waals surface area contributed by atoms with E-state index >= 15 is 0 Å². The Bertz CT molecular complexity index is 873. The van der Waals surface area contributed by atoms with E-state index in [0.29, 0.717) is 12.4 Å². The number of anilines is 2. The van der Waals surface area contributed by atoms with E-state index < -0.39 is 0 Å². The first-order chi connectivity index (χ1) is 12.7. The van der Waals surface area contributed by atoms with Gasteiger partial charge in [-0.3, -0.25) is 4.68 Å². The fourth-order valence-electron chi connectivity index (χ4n) is 3.16. The average Bonchev–Trinajstić information content (AvgIpc) is 3.05. The van der Waals surface area contributed by atoms with Crippen LogP contribution in [0.25, 0.3) is 0 Å². The van der Waals surface area contributed by atoms with Crippen LogP contribution in [-0.4, -0.2) is 31.0 Å². The summed E-state index contributed by atoms with van der Waals surface area (Å²) in [6.07, 6.45) is 5.13. The molecule has 1 aromatic carbocycles. The molecule has 7 heteroatoms. The second-order valence-corrected chi connectivity index (χ2v) is 6.74. The van der Waals surface area contributed by atoms with Gasteiger partial charge in [-0.2, -0.15) is 10.1 Å². The van der Waals surface area contributed by atoms with Crippen molar-refractivity contribution in [2.24, 2.45) is 0 Å². The monoisotopic (exact) mass is 350 g/mol. The number of hydrogen-bond donors (Lipinski definition) is 3. The van der Waals surface area contributed by atoms with Crippen LogP contribution in [0.3, 0.4) is 0 Å². The molecule has 2 aromatic heterocycles. The molecule has 0 atom stereocenters. The maximum absolute atomic E-state index is 9.48. The van der Waals surface area contributed by atoms with Gasteiger partial charge >= 0.3 is 0 Å². The van der Waals surface area contributed by atoms with Crippen molar-refractivity contribution in [3.63, 3.8) is 0 Å². The molecule has 0 amide bonds. The summed E-state index contributed by atoms with van der Waals surface area (Å²) in [4.78, 5) is 8.54. The van der Waals surface area contributed by atoms with E-state index in [2.05, 4.69) is 32.5 Å². The lowest BCUT2D eigenvalue weighted by Gasteiger charge is -2.30. The van der Waals surface area contributed by atoms with Crippen molar-refractivity contribution in [3.05, 3.63) is 65.6 Å². The molecule has 2 heterocycles. The smallest absolute Gasteiger partial charge is 0.222 e. The second kappa shape index (κ2) is 7.13. The van der Waals surface area contributed by atoms with Gasteiger partial charge in [-0.25, -0.2) is 4.98 Å². The van der Waals surface area contributed by atoms with Crippen LogP contribution >= 0.6 is 0 Å². The summed E-state index contributed by atoms with van der Waals surface area (Å²) in [6, 6.07) is 12.2. The number of aromatic nitrogens is 4. The highest BCUT2D eigenvalue weighted by Crippen LogP contribution is 2.36. The Labute approximate surface area is 151 Å². The van der Waals surface area contributed by atoms with Gasteiger partial charge in [0, 0.05) is 30.3 Å². The summed E-state index contributed by atoms with van der Waals surface area (Å²) in [5.41, 5.74) is 9.00. The predicted octanol–water partition coefficient (Wildman–Crippen LogP) is 2.15. The summed E-state index contributed by atoms with van der Waals surface area (Å²) < 4.78 is 1.92. The Morgan fingerprint density at radius 3 is 2.73 bits per heavy atom. The van der Waals surface area contributed by atoms with Crippen molar-refractivity contribution < 1.29 is 5.11 Å². The lowest BCUT2D eigenvalue weighted by Crippen LogP contribution is -2.27. The molecule has 1 aliphatic rings. The highest BCUT2D eigenvalue weighted by molar-refractivity contribution is 5.42. The van der Waals surface area contributed by atoms with E-state index in [-0.39, 0.29) is 18.0 Å². The molecule has 0 bridgehead atoms. The number of nitrogen functional groups attached to an aromatic ring is 1. The van der Waals surface area contributed by atoms with Crippen molar-refractivity contribution >= 4 is 11.8 Å². The highest BCUT2D eigenvalue weighted by atomic mass is 16.3. The van der Waals surface area contributed by atoms with Gasteiger partial charge in [-0.15, -0.1) is 0 Å². The number of aliphatic hydroxyl groups excluding tert-OH is 1. The topological polar surface area (TPSA) is 102 Å². The molecule has 4 rings (SSSR count). The zero-order valence-corrected chi connectivity index (χ0v) is 14.4. The highest BCUT2D eigenvalue weighted by Gasteiger charge is 2.30. The van der Waals surface area contributed by atoms with Gasteiger partial charge in [-0.05, 0) is 18.4 Å². The largest absolute Gasteiger partial charge is 0.393 e. The maximum atomic E-state index is 9.48. The van der Waals surface area contributed by atoms with Crippen molar-refractivity contribution in [2.75, 3.05) is 11.1 Å². The van der Waals surface area contributed by atoms with E-state index in [1.165, 1.54) is 5.56 Å². The summed E-state index contributed by atoms with van der Waals surface area (Å²) >= 11 is 0. The fraction of sp³-hybridized carbons (Fsp3) is 0.316. The molecule has 0 unspecified atom stereocenters. The second-order valence-electron chi connectivity index (χ2n) is 6.74. The molecule has 1 saturated carbocycles. The Kier molecular flexibility index (Phi) is 4.53. The van der Waals surface area contributed by atoms with Gasteiger partial charge in [0.1, 0.15) is 5.82 Å². The number of nitrogens with one attached hydrogen (secondary N) is 1. The molecule has 134 valence electrons. The van der Waals surface area contributed by atoms with E-state index in [4.69, 9.17) is 5.73 Å². The summed E-state index contributed by atoms with van der Waals surface area (Å²) in [7, 11) is 0. The number of nitrogens with two attached hydrogens (primary N) is 1. The third-order valence-corrected chi connectivity index (χ3v) is 4.64. The number of benzene rings is 1. The molecule has 0 radical (unpaired) electrons. The van der Waals surface area contributed by atoms with E-state index in [1.807, 2.05) is 41.3 Å². The Morgan fingerprint density at radius 2 is 1.96 bits per heavy atom. The Hall–Kier alpha value is -2.93. The molecule has 3 aromatic rings. The average molecular weight is 350 g/mol. The van der Waals surface area contributed by atoms with E-state index in [0.717, 1.165) is 30.6 Å². The number of hydrogen-bond acceptors (Lipinski definition) is 6. The van der Waals surface area contributed by atoms with Gasteiger partial charge in [0.2, 0.25) is 5.95 Å². The van der Waals surface area contributed by atoms with Gasteiger partial charge < -0.3 is 16.2 Å². The third-order valence-electron chi connectivity index (χ3n) is 4.64. The van der Waals surface area contributed by atoms with Crippen molar-refractivity contribution in [1.29, 1.82) is 0 Å². The van der Waals surface area contributed by atoms with E-state index in [1.54, 1.807) is 0 Å². The SMILES string of the molecule is Nc1nc(NCc2cnn(Cc3ccccc3)c2)cc(C2CC(O)C2)n1. The molecule has 0 aliphatic heterocycles. The first-order valence-corrected chi connectivity index (χ1v) is 8.77. The summed E-state index contributed by atoms with van der Waals surface area (Å²) in [5, 5.41) is 17.2. The molecular weight excluding hydrogens is 328 g/mol. The first kappa shape index (κ1) is 16.5. The summed E-state index contributed by atoms with van der Waals surface area (Å²) in [5.74, 6) is 1.22. The molecular formula is C19H22N6O. The van der Waals surface area contributed by atoms with Crippen LogP contribution in [0.4, 0.5) is 11.8 Å². The predicted molar refractivity (Wildman–Crippen MR) is 99.5 cm³/mol. The van der Waals surface area contributed by atoms with Crippen LogP contribution in [0.2, 0.25) is 0 Å². The fourth-order valence-corrected chi connectivity index (χ4v) is 3.16. The van der Waals surface area contributed by atoms with E-state index in [9.17, 15) is 5.11 Å². The lowest BCUT2D eigenvalue weighted by molar-refractivity contribution is 0.0732. The van der Waals surface area contributed by atoms with Crippen LogP contribution in [0.5, 0.6) is 0 Å². The van der Waals surface area contributed by atoms with Crippen LogP contribution in [0.15, 0.2) is 48.8 Å². The summed E-state index contributed by atoms with van der Waals surface area (Å²) in [6.45, 7) is 1.35. The van der Waals surface area contributed by atoms with Crippen LogP contribution in [0.1, 0.15) is 35.6 Å². The molecule has 1 fully saturated rings. The zero-order valence-electron chi connectivity index (χ0n) is 14.4. The van der Waals surface area contributed by atoms with Gasteiger partial charge in [0.05, 0.1) is 24.5 Å². The number of aliphatic hydroxyl groups is 1. The molecule has 1 aliphatic carbocycles. The molecule has 7 nitrogen and oxygen atoms in total. The first-order valence-electron chi connectivity index (χ1n) is 8.77. The molecule has 4 N–H and O–H groups in total. The minimum Gasteiger partial charge on any atom is -0.393 e. The normalized spacial score (nSPS) is 19.1. The Morgan fingerprint density at radius 1 is 1.15 bits per heavy atom. The van der Waals surface area contributed by atoms with Gasteiger partial charge in [0.15, 0.2) is 0 Å². The molecule has 26 heavy (non-hydrogen) atoms. The van der Waals surface area contributed by atoms with Gasteiger partial charge in [-0.1, -0.05) is 30.3 Å². The van der Waals surface area contributed by atoms with Crippen LogP contribution in [0, 0.1) is 0 Å². The lowest BCUT2D eigenvalue weighted by atomic mass is 9.80. The number of nitrogens with zero attached hydrogens (tertiary/aromatic N) is 4. The standard InChI is InChI=1S/C19H22N6O/c20-19-23-17(15-6-16(26)7-15)8-18(24-19)21-9-14-10-22-25(12-14)11-13-4-2-1-3-5-13/h1-5,8,10,12,15-16,26H,6-7,9,11H2,(H3,20,21,23,24). The minimum absolute atomic E-state index is 0.219. The number of rotatable bonds is 6. The molecule has 0 saturated heterocycles. The zero-order chi connectivity index (χ0) is 17.9. The van der Waals surface area contributed by atoms with Crippen molar-refractivity contribution in [3.8, 4) is 0 Å². The quantitative estimate of drug-likeness (QED) is 0.630. The van der Waals surface area contributed by atoms with Crippen molar-refractivity contribution in [1.82, 2.24) is 19.7 Å². The maximum Gasteiger partial charge on any atom is 0.222 e.